The minimum Gasteiger partial charge on any atom is -0.508 e. The number of carbonyl (C=O) groups is 1. The Balaban J connectivity index is 1.56. The molecule has 3 rings (SSSR count). The number of rotatable bonds is 5. The SMILES string of the molecule is O=C(NCCc1ccc(O)cc1)c1cnn(-c2ccccn2)c1. The number of phenols is 1. The monoisotopic (exact) mass is 308 g/mol. The van der Waals surface area contributed by atoms with Crippen LogP contribution in [-0.4, -0.2) is 32.3 Å². The summed E-state index contributed by atoms with van der Waals surface area (Å²) >= 11 is 0. The van der Waals surface area contributed by atoms with Gasteiger partial charge in [0, 0.05) is 18.9 Å². The van der Waals surface area contributed by atoms with Crippen molar-refractivity contribution in [2.75, 3.05) is 6.54 Å². The molecule has 0 aliphatic carbocycles. The Bertz CT molecular complexity index is 782. The molecule has 116 valence electrons. The van der Waals surface area contributed by atoms with Gasteiger partial charge in [0.15, 0.2) is 5.82 Å². The van der Waals surface area contributed by atoms with E-state index in [4.69, 9.17) is 0 Å². The van der Waals surface area contributed by atoms with E-state index < -0.39 is 0 Å². The molecule has 0 spiro atoms. The van der Waals surface area contributed by atoms with Gasteiger partial charge in [0.05, 0.1) is 11.8 Å². The van der Waals surface area contributed by atoms with Crippen LogP contribution in [-0.2, 0) is 6.42 Å². The third-order valence-electron chi connectivity index (χ3n) is 3.36. The summed E-state index contributed by atoms with van der Waals surface area (Å²) in [6.07, 6.45) is 5.54. The molecule has 0 saturated heterocycles. The Labute approximate surface area is 133 Å². The first-order chi connectivity index (χ1) is 11.2. The summed E-state index contributed by atoms with van der Waals surface area (Å²) in [5.74, 6) is 0.723. The van der Waals surface area contributed by atoms with Crippen LogP contribution in [0, 0.1) is 0 Å². The minimum absolute atomic E-state index is 0.175. The van der Waals surface area contributed by atoms with Crippen LogP contribution >= 0.6 is 0 Å². The van der Waals surface area contributed by atoms with Crippen LogP contribution in [0.1, 0.15) is 15.9 Å². The fourth-order valence-electron chi connectivity index (χ4n) is 2.14. The molecular weight excluding hydrogens is 292 g/mol. The summed E-state index contributed by atoms with van der Waals surface area (Å²) in [5.41, 5.74) is 1.54. The highest BCUT2D eigenvalue weighted by Gasteiger charge is 2.09. The maximum Gasteiger partial charge on any atom is 0.254 e. The third-order valence-corrected chi connectivity index (χ3v) is 3.36. The van der Waals surface area contributed by atoms with Crippen LogP contribution < -0.4 is 5.32 Å². The molecule has 2 aromatic heterocycles. The zero-order valence-electron chi connectivity index (χ0n) is 12.4. The Morgan fingerprint density at radius 3 is 2.74 bits per heavy atom. The Morgan fingerprint density at radius 1 is 1.17 bits per heavy atom. The van der Waals surface area contributed by atoms with Gasteiger partial charge in [-0.1, -0.05) is 18.2 Å². The summed E-state index contributed by atoms with van der Waals surface area (Å²) < 4.78 is 1.56. The molecule has 0 bridgehead atoms. The second-order valence-corrected chi connectivity index (χ2v) is 5.03. The van der Waals surface area contributed by atoms with E-state index >= 15 is 0 Å². The first-order valence-electron chi connectivity index (χ1n) is 7.24. The Kier molecular flexibility index (Phi) is 4.33. The number of nitrogens with one attached hydrogen (secondary N) is 1. The normalized spacial score (nSPS) is 10.4. The molecule has 23 heavy (non-hydrogen) atoms. The molecule has 0 atom stereocenters. The highest BCUT2D eigenvalue weighted by Crippen LogP contribution is 2.10. The predicted molar refractivity (Wildman–Crippen MR) is 85.5 cm³/mol. The molecule has 0 aliphatic rings. The predicted octanol–water partition coefficient (Wildman–Crippen LogP) is 1.95. The van der Waals surface area contributed by atoms with E-state index in [2.05, 4.69) is 15.4 Å². The van der Waals surface area contributed by atoms with Gasteiger partial charge >= 0.3 is 0 Å². The third kappa shape index (κ3) is 3.74. The fourth-order valence-corrected chi connectivity index (χ4v) is 2.14. The molecule has 0 unspecified atom stereocenters. The van der Waals surface area contributed by atoms with Gasteiger partial charge in [0.2, 0.25) is 0 Å². The average molecular weight is 308 g/mol. The topological polar surface area (TPSA) is 80.0 Å². The number of amides is 1. The fraction of sp³-hybridized carbons (Fsp3) is 0.118. The molecule has 1 amide bonds. The lowest BCUT2D eigenvalue weighted by molar-refractivity contribution is 0.0954. The van der Waals surface area contributed by atoms with Gasteiger partial charge in [0.25, 0.3) is 5.91 Å². The van der Waals surface area contributed by atoms with E-state index in [-0.39, 0.29) is 11.7 Å². The number of hydrogen-bond donors (Lipinski definition) is 2. The zero-order chi connectivity index (χ0) is 16.1. The van der Waals surface area contributed by atoms with E-state index in [1.807, 2.05) is 30.3 Å². The molecular formula is C17H16N4O2. The maximum absolute atomic E-state index is 12.1. The van der Waals surface area contributed by atoms with Gasteiger partial charge in [-0.2, -0.15) is 5.10 Å². The number of aromatic hydroxyl groups is 1. The van der Waals surface area contributed by atoms with Gasteiger partial charge in [-0.15, -0.1) is 0 Å². The molecule has 1 aromatic carbocycles. The smallest absolute Gasteiger partial charge is 0.254 e. The average Bonchev–Trinajstić information content (AvgIpc) is 3.07. The first kappa shape index (κ1) is 14.8. The van der Waals surface area contributed by atoms with E-state index in [9.17, 15) is 9.90 Å². The van der Waals surface area contributed by atoms with Crippen LogP contribution in [0.4, 0.5) is 0 Å². The van der Waals surface area contributed by atoms with Crippen molar-refractivity contribution in [2.45, 2.75) is 6.42 Å². The van der Waals surface area contributed by atoms with Gasteiger partial charge in [-0.05, 0) is 36.2 Å². The second-order valence-electron chi connectivity index (χ2n) is 5.03. The van der Waals surface area contributed by atoms with Crippen LogP contribution in [0.25, 0.3) is 5.82 Å². The van der Waals surface area contributed by atoms with Crippen molar-refractivity contribution < 1.29 is 9.90 Å². The van der Waals surface area contributed by atoms with Crippen molar-refractivity contribution >= 4 is 5.91 Å². The van der Waals surface area contributed by atoms with E-state index in [1.165, 1.54) is 6.20 Å². The molecule has 3 aromatic rings. The lowest BCUT2D eigenvalue weighted by Crippen LogP contribution is -2.25. The number of phenolic OH excluding ortho intramolecular Hbond substituents is 1. The van der Waals surface area contributed by atoms with E-state index in [1.54, 1.807) is 29.2 Å². The van der Waals surface area contributed by atoms with Gasteiger partial charge in [0.1, 0.15) is 5.75 Å². The first-order valence-corrected chi connectivity index (χ1v) is 7.24. The van der Waals surface area contributed by atoms with Crippen molar-refractivity contribution in [1.29, 1.82) is 0 Å². The minimum atomic E-state index is -0.175. The number of carbonyl (C=O) groups excluding carboxylic acids is 1. The summed E-state index contributed by atoms with van der Waals surface area (Å²) in [7, 11) is 0. The van der Waals surface area contributed by atoms with Crippen molar-refractivity contribution in [3.8, 4) is 11.6 Å². The second kappa shape index (κ2) is 6.74. The Morgan fingerprint density at radius 2 is 2.00 bits per heavy atom. The lowest BCUT2D eigenvalue weighted by atomic mass is 10.1. The maximum atomic E-state index is 12.1. The summed E-state index contributed by atoms with van der Waals surface area (Å²) in [5, 5.41) is 16.2. The lowest BCUT2D eigenvalue weighted by Gasteiger charge is -2.04. The summed E-state index contributed by atoms with van der Waals surface area (Å²) in [6, 6.07) is 12.4. The van der Waals surface area contributed by atoms with Gasteiger partial charge in [-0.25, -0.2) is 9.67 Å². The molecule has 0 fully saturated rings. The van der Waals surface area contributed by atoms with Crippen molar-refractivity contribution in [3.05, 3.63) is 72.2 Å². The zero-order valence-corrected chi connectivity index (χ0v) is 12.4. The number of pyridine rings is 1. The molecule has 0 saturated carbocycles. The quantitative estimate of drug-likeness (QED) is 0.755. The Hall–Kier alpha value is -3.15. The number of nitrogens with zero attached hydrogens (tertiary/aromatic N) is 3. The number of hydrogen-bond acceptors (Lipinski definition) is 4. The van der Waals surface area contributed by atoms with Crippen molar-refractivity contribution in [2.24, 2.45) is 0 Å². The molecule has 6 heteroatoms. The standard InChI is InChI=1S/C17H16N4O2/c22-15-6-4-13(5-7-15)8-10-19-17(23)14-11-20-21(12-14)16-3-1-2-9-18-16/h1-7,9,11-12,22H,8,10H2,(H,19,23). The molecule has 6 nitrogen and oxygen atoms in total. The van der Waals surface area contributed by atoms with E-state index in [0.29, 0.717) is 24.3 Å². The molecule has 2 N–H and O–H groups in total. The summed E-state index contributed by atoms with van der Waals surface area (Å²) in [6.45, 7) is 0.512. The van der Waals surface area contributed by atoms with Crippen LogP contribution in [0.3, 0.4) is 0 Å². The van der Waals surface area contributed by atoms with E-state index in [0.717, 1.165) is 5.56 Å². The number of aromatic nitrogens is 3. The van der Waals surface area contributed by atoms with Crippen molar-refractivity contribution in [3.63, 3.8) is 0 Å². The molecule has 0 aliphatic heterocycles. The van der Waals surface area contributed by atoms with Gasteiger partial charge in [-0.3, -0.25) is 4.79 Å². The van der Waals surface area contributed by atoms with Crippen LogP contribution in [0.2, 0.25) is 0 Å². The number of benzene rings is 1. The van der Waals surface area contributed by atoms with Crippen LogP contribution in [0.5, 0.6) is 5.75 Å². The van der Waals surface area contributed by atoms with Crippen molar-refractivity contribution in [1.82, 2.24) is 20.1 Å². The highest BCUT2D eigenvalue weighted by molar-refractivity contribution is 5.93. The largest absolute Gasteiger partial charge is 0.508 e. The molecule has 2 heterocycles. The summed E-state index contributed by atoms with van der Waals surface area (Å²) in [4.78, 5) is 16.3. The van der Waals surface area contributed by atoms with Gasteiger partial charge < -0.3 is 10.4 Å². The highest BCUT2D eigenvalue weighted by atomic mass is 16.3. The van der Waals surface area contributed by atoms with Crippen LogP contribution in [0.15, 0.2) is 61.1 Å². The molecule has 0 radical (unpaired) electrons.